The van der Waals surface area contributed by atoms with E-state index < -0.39 is 5.95 Å². The largest absolute Gasteiger partial charge is 0.364 e. The highest BCUT2D eigenvalue weighted by atomic mass is 19.1. The van der Waals surface area contributed by atoms with Crippen molar-refractivity contribution in [1.29, 1.82) is 0 Å². The fourth-order valence-corrected chi connectivity index (χ4v) is 2.29. The minimum absolute atomic E-state index is 0.198. The van der Waals surface area contributed by atoms with Gasteiger partial charge in [0.25, 0.3) is 5.95 Å². The van der Waals surface area contributed by atoms with Crippen LogP contribution in [0.3, 0.4) is 0 Å². The van der Waals surface area contributed by atoms with Crippen LogP contribution in [0.15, 0.2) is 53.5 Å². The van der Waals surface area contributed by atoms with Crippen molar-refractivity contribution in [2.24, 2.45) is 7.05 Å². The predicted molar refractivity (Wildman–Crippen MR) is 87.2 cm³/mol. The van der Waals surface area contributed by atoms with E-state index in [1.165, 1.54) is 17.1 Å². The molecule has 4 heterocycles. The molecule has 0 aromatic carbocycles. The van der Waals surface area contributed by atoms with Gasteiger partial charge in [-0.05, 0) is 18.2 Å². The van der Waals surface area contributed by atoms with Crippen molar-refractivity contribution in [2.45, 2.75) is 0 Å². The van der Waals surface area contributed by atoms with Crippen LogP contribution in [0.1, 0.15) is 0 Å². The Kier molecular flexibility index (Phi) is 3.65. The van der Waals surface area contributed by atoms with E-state index in [-0.39, 0.29) is 11.6 Å². The van der Waals surface area contributed by atoms with Crippen LogP contribution in [0.5, 0.6) is 0 Å². The fourth-order valence-electron chi connectivity index (χ4n) is 2.29. The van der Waals surface area contributed by atoms with Crippen LogP contribution in [0.4, 0.5) is 16.0 Å². The number of hydrogen-bond acceptors (Lipinski definition) is 7. The first kappa shape index (κ1) is 14.9. The Morgan fingerprint density at radius 2 is 1.84 bits per heavy atom. The minimum atomic E-state index is -0.623. The highest BCUT2D eigenvalue weighted by molar-refractivity contribution is 5.62. The van der Waals surface area contributed by atoms with E-state index in [0.717, 1.165) is 0 Å². The van der Waals surface area contributed by atoms with Crippen LogP contribution in [-0.4, -0.2) is 29.9 Å². The molecule has 0 aliphatic heterocycles. The van der Waals surface area contributed by atoms with Gasteiger partial charge in [-0.2, -0.15) is 4.39 Å². The van der Waals surface area contributed by atoms with Crippen molar-refractivity contribution in [3.8, 4) is 22.8 Å². The first-order valence-electron chi connectivity index (χ1n) is 7.36. The van der Waals surface area contributed by atoms with E-state index in [9.17, 15) is 4.39 Å². The van der Waals surface area contributed by atoms with Crippen LogP contribution < -0.4 is 5.32 Å². The van der Waals surface area contributed by atoms with Gasteiger partial charge in [0.15, 0.2) is 0 Å². The zero-order chi connectivity index (χ0) is 17.2. The van der Waals surface area contributed by atoms with Gasteiger partial charge in [-0.25, -0.2) is 15.0 Å². The summed E-state index contributed by atoms with van der Waals surface area (Å²) in [5, 5.41) is 10.3. The summed E-state index contributed by atoms with van der Waals surface area (Å²) in [6.45, 7) is 0. The van der Waals surface area contributed by atoms with Crippen molar-refractivity contribution in [3.05, 3.63) is 54.9 Å². The minimum Gasteiger partial charge on any atom is -0.364 e. The maximum Gasteiger partial charge on any atom is 0.256 e. The van der Waals surface area contributed by atoms with Crippen molar-refractivity contribution in [3.63, 3.8) is 0 Å². The lowest BCUT2D eigenvalue weighted by Crippen LogP contribution is -1.99. The molecule has 0 saturated heterocycles. The van der Waals surface area contributed by atoms with Crippen molar-refractivity contribution < 1.29 is 8.91 Å². The molecule has 25 heavy (non-hydrogen) atoms. The highest BCUT2D eigenvalue weighted by Crippen LogP contribution is 2.22. The Hall–Kier alpha value is -3.62. The van der Waals surface area contributed by atoms with Gasteiger partial charge in [0.2, 0.25) is 5.95 Å². The van der Waals surface area contributed by atoms with Gasteiger partial charge in [-0.15, -0.1) is 5.10 Å². The van der Waals surface area contributed by atoms with Crippen LogP contribution >= 0.6 is 0 Å². The molecule has 1 N–H and O–H groups in total. The molecule has 0 radical (unpaired) electrons. The smallest absolute Gasteiger partial charge is 0.256 e. The monoisotopic (exact) mass is 337 g/mol. The number of rotatable bonds is 4. The number of nitrogens with one attached hydrogen (secondary N) is 1. The zero-order valence-corrected chi connectivity index (χ0v) is 13.1. The summed E-state index contributed by atoms with van der Waals surface area (Å²) in [4.78, 5) is 13.0. The van der Waals surface area contributed by atoms with Crippen LogP contribution in [0.25, 0.3) is 22.8 Å². The van der Waals surface area contributed by atoms with Crippen molar-refractivity contribution in [2.75, 3.05) is 5.32 Å². The van der Waals surface area contributed by atoms with E-state index in [1.807, 2.05) is 18.2 Å². The summed E-state index contributed by atoms with van der Waals surface area (Å²) in [5.41, 5.74) is 2.72. The maximum absolute atomic E-state index is 13.7. The number of pyridine rings is 1. The third-order valence-corrected chi connectivity index (χ3v) is 3.40. The van der Waals surface area contributed by atoms with E-state index in [1.54, 1.807) is 25.4 Å². The molecule has 4 aromatic rings. The van der Waals surface area contributed by atoms with Crippen LogP contribution in [-0.2, 0) is 7.05 Å². The molecule has 0 saturated carbocycles. The average molecular weight is 337 g/mol. The molecule has 0 amide bonds. The quantitative estimate of drug-likeness (QED) is 0.612. The maximum atomic E-state index is 13.7. The second-order valence-electron chi connectivity index (χ2n) is 5.19. The third kappa shape index (κ3) is 3.07. The molecule has 4 aromatic heterocycles. The molecule has 8 nitrogen and oxygen atoms in total. The normalized spacial score (nSPS) is 10.8. The second-order valence-corrected chi connectivity index (χ2v) is 5.19. The molecule has 0 spiro atoms. The van der Waals surface area contributed by atoms with Gasteiger partial charge >= 0.3 is 0 Å². The van der Waals surface area contributed by atoms with Crippen LogP contribution in [0, 0.1) is 5.95 Å². The lowest BCUT2D eigenvalue weighted by atomic mass is 10.2. The molecular formula is C16H12FN7O. The molecule has 124 valence electrons. The molecule has 9 heteroatoms. The number of halogens is 1. The summed E-state index contributed by atoms with van der Waals surface area (Å²) >= 11 is 0. The van der Waals surface area contributed by atoms with Gasteiger partial charge in [-0.3, -0.25) is 4.68 Å². The highest BCUT2D eigenvalue weighted by Gasteiger charge is 2.11. The number of aryl methyl sites for hydroxylation is 1. The average Bonchev–Trinajstić information content (AvgIpc) is 3.26. The van der Waals surface area contributed by atoms with E-state index in [0.29, 0.717) is 22.8 Å². The van der Waals surface area contributed by atoms with E-state index in [4.69, 9.17) is 4.52 Å². The molecule has 0 unspecified atom stereocenters. The van der Waals surface area contributed by atoms with Gasteiger partial charge in [-0.1, -0.05) is 11.2 Å². The Morgan fingerprint density at radius 3 is 2.56 bits per heavy atom. The molecule has 0 aliphatic rings. The lowest BCUT2D eigenvalue weighted by Gasteiger charge is -2.05. The third-order valence-electron chi connectivity index (χ3n) is 3.40. The van der Waals surface area contributed by atoms with E-state index >= 15 is 0 Å². The molecule has 0 bridgehead atoms. The molecule has 0 aliphatic carbocycles. The standard InChI is InChI=1S/C16H12FN7O/c1-24-9-14(15(17)22-24)21-16-18-7-5-12(20-16)10-3-2-4-11(19-10)13-6-8-25-23-13/h2-9H,1H3,(H,18,20,21). The van der Waals surface area contributed by atoms with Gasteiger partial charge < -0.3 is 9.84 Å². The summed E-state index contributed by atoms with van der Waals surface area (Å²) in [5.74, 6) is -0.374. The van der Waals surface area contributed by atoms with Crippen molar-refractivity contribution in [1.82, 2.24) is 29.9 Å². The lowest BCUT2D eigenvalue weighted by molar-refractivity contribution is 0.422. The summed E-state index contributed by atoms with van der Waals surface area (Å²) in [6, 6.07) is 8.94. The molecule has 0 atom stereocenters. The molecule has 0 fully saturated rings. The second kappa shape index (κ2) is 6.11. The SMILES string of the molecule is Cn1cc(Nc2nccc(-c3cccc(-c4ccon4)n3)n2)c(F)n1. The Bertz CT molecular complexity index is 1010. The Balaban J connectivity index is 1.65. The fraction of sp³-hybridized carbons (Fsp3) is 0.0625. The molecular weight excluding hydrogens is 325 g/mol. The summed E-state index contributed by atoms with van der Waals surface area (Å²) in [6.07, 6.45) is 4.57. The zero-order valence-electron chi connectivity index (χ0n) is 13.1. The predicted octanol–water partition coefficient (Wildman–Crippen LogP) is 2.81. The Labute approximate surface area is 141 Å². The number of anilines is 2. The van der Waals surface area contributed by atoms with Crippen LogP contribution in [0.2, 0.25) is 0 Å². The summed E-state index contributed by atoms with van der Waals surface area (Å²) in [7, 11) is 1.63. The summed E-state index contributed by atoms with van der Waals surface area (Å²) < 4.78 is 19.9. The first-order chi connectivity index (χ1) is 12.2. The molecule has 4 rings (SSSR count). The Morgan fingerprint density at radius 1 is 1.04 bits per heavy atom. The van der Waals surface area contributed by atoms with Gasteiger partial charge in [0.05, 0.1) is 23.3 Å². The van der Waals surface area contributed by atoms with E-state index in [2.05, 4.69) is 30.5 Å². The number of hydrogen-bond donors (Lipinski definition) is 1. The number of nitrogens with zero attached hydrogens (tertiary/aromatic N) is 6. The number of aromatic nitrogens is 6. The van der Waals surface area contributed by atoms with Gasteiger partial charge in [0, 0.05) is 19.3 Å². The van der Waals surface area contributed by atoms with Gasteiger partial charge in [0.1, 0.15) is 17.6 Å². The van der Waals surface area contributed by atoms with Crippen molar-refractivity contribution >= 4 is 11.6 Å². The first-order valence-corrected chi connectivity index (χ1v) is 7.36. The topological polar surface area (TPSA) is 94.6 Å².